The van der Waals surface area contributed by atoms with Gasteiger partial charge in [0, 0.05) is 28.4 Å². The Balaban J connectivity index is 1.75. The molecule has 0 radical (unpaired) electrons. The monoisotopic (exact) mass is 462 g/mol. The van der Waals surface area contributed by atoms with Gasteiger partial charge >= 0.3 is 0 Å². The standard InChI is InChI=1S/C26H34N6O2/c1-5-12-32(13-6-2)16-24(33)29-19-8-7-9-20(14-19)30-25-22-15-21(31-26(34)18(3)4)10-11-23(22)27-17-28-25/h7-11,14-15,17-18H,5-6,12-13,16H2,1-4H3,(H,29,33)(H,31,34)(H,27,28,30). The maximum atomic E-state index is 12.6. The molecule has 1 heterocycles. The lowest BCUT2D eigenvalue weighted by Gasteiger charge is -2.20. The second kappa shape index (κ2) is 12.1. The largest absolute Gasteiger partial charge is 0.340 e. The van der Waals surface area contributed by atoms with E-state index in [9.17, 15) is 9.59 Å². The molecule has 180 valence electrons. The van der Waals surface area contributed by atoms with Crippen LogP contribution in [0.1, 0.15) is 40.5 Å². The summed E-state index contributed by atoms with van der Waals surface area (Å²) in [6.07, 6.45) is 3.53. The second-order valence-electron chi connectivity index (χ2n) is 8.63. The number of aromatic nitrogens is 2. The Morgan fingerprint density at radius 1 is 0.912 bits per heavy atom. The average molecular weight is 463 g/mol. The van der Waals surface area contributed by atoms with Crippen LogP contribution in [0.15, 0.2) is 48.8 Å². The van der Waals surface area contributed by atoms with Crippen LogP contribution in [0, 0.1) is 5.92 Å². The highest BCUT2D eigenvalue weighted by atomic mass is 16.2. The van der Waals surface area contributed by atoms with Crippen LogP contribution in [0.4, 0.5) is 22.9 Å². The third-order valence-electron chi connectivity index (χ3n) is 5.28. The van der Waals surface area contributed by atoms with Crippen LogP contribution in [-0.4, -0.2) is 46.3 Å². The predicted molar refractivity (Wildman–Crippen MR) is 138 cm³/mol. The third kappa shape index (κ3) is 6.99. The van der Waals surface area contributed by atoms with Gasteiger partial charge in [-0.05, 0) is 62.3 Å². The summed E-state index contributed by atoms with van der Waals surface area (Å²) in [6.45, 7) is 10.1. The van der Waals surface area contributed by atoms with E-state index in [-0.39, 0.29) is 17.7 Å². The molecule has 0 aliphatic heterocycles. The van der Waals surface area contributed by atoms with Gasteiger partial charge in [0.15, 0.2) is 0 Å². The Kier molecular flexibility index (Phi) is 8.93. The van der Waals surface area contributed by atoms with Gasteiger partial charge in [0.05, 0.1) is 12.1 Å². The van der Waals surface area contributed by atoms with Crippen molar-refractivity contribution < 1.29 is 9.59 Å². The summed E-state index contributed by atoms with van der Waals surface area (Å²) in [6, 6.07) is 13.1. The number of fused-ring (bicyclic) bond motifs is 1. The van der Waals surface area contributed by atoms with Crippen LogP contribution in [0.5, 0.6) is 0 Å². The third-order valence-corrected chi connectivity index (χ3v) is 5.28. The summed E-state index contributed by atoms with van der Waals surface area (Å²) < 4.78 is 0. The Morgan fingerprint density at radius 2 is 1.62 bits per heavy atom. The molecule has 0 saturated carbocycles. The van der Waals surface area contributed by atoms with Crippen molar-refractivity contribution in [1.29, 1.82) is 0 Å². The summed E-state index contributed by atoms with van der Waals surface area (Å²) in [5.41, 5.74) is 2.95. The van der Waals surface area contributed by atoms with E-state index in [1.807, 2.05) is 56.3 Å². The van der Waals surface area contributed by atoms with Crippen molar-refractivity contribution in [1.82, 2.24) is 14.9 Å². The van der Waals surface area contributed by atoms with Gasteiger partial charge in [0.1, 0.15) is 12.1 Å². The fourth-order valence-corrected chi connectivity index (χ4v) is 3.64. The van der Waals surface area contributed by atoms with Gasteiger partial charge in [-0.15, -0.1) is 0 Å². The molecule has 0 unspecified atom stereocenters. The number of hydrogen-bond donors (Lipinski definition) is 3. The van der Waals surface area contributed by atoms with E-state index < -0.39 is 0 Å². The van der Waals surface area contributed by atoms with Gasteiger partial charge in [0.2, 0.25) is 11.8 Å². The number of benzene rings is 2. The number of carbonyl (C=O) groups is 2. The molecule has 8 heteroatoms. The molecular formula is C26H34N6O2. The van der Waals surface area contributed by atoms with Crippen molar-refractivity contribution >= 4 is 45.6 Å². The summed E-state index contributed by atoms with van der Waals surface area (Å²) >= 11 is 0. The van der Waals surface area contributed by atoms with E-state index >= 15 is 0 Å². The maximum Gasteiger partial charge on any atom is 0.238 e. The number of amides is 2. The Morgan fingerprint density at radius 3 is 2.32 bits per heavy atom. The Bertz CT molecular complexity index is 1130. The SMILES string of the molecule is CCCN(CCC)CC(=O)Nc1cccc(Nc2ncnc3ccc(NC(=O)C(C)C)cc23)c1. The zero-order chi connectivity index (χ0) is 24.5. The van der Waals surface area contributed by atoms with Crippen molar-refractivity contribution in [2.24, 2.45) is 5.92 Å². The minimum Gasteiger partial charge on any atom is -0.340 e. The number of nitrogens with zero attached hydrogens (tertiary/aromatic N) is 3. The number of rotatable bonds is 11. The zero-order valence-corrected chi connectivity index (χ0v) is 20.4. The first-order valence-electron chi connectivity index (χ1n) is 11.8. The molecule has 0 atom stereocenters. The number of carbonyl (C=O) groups excluding carboxylic acids is 2. The van der Waals surface area contributed by atoms with Gasteiger partial charge < -0.3 is 16.0 Å². The number of anilines is 4. The molecule has 34 heavy (non-hydrogen) atoms. The highest BCUT2D eigenvalue weighted by Crippen LogP contribution is 2.27. The summed E-state index contributed by atoms with van der Waals surface area (Å²) in [7, 11) is 0. The first kappa shape index (κ1) is 25.1. The molecule has 0 saturated heterocycles. The summed E-state index contributed by atoms with van der Waals surface area (Å²) in [5, 5.41) is 10.0. The molecule has 8 nitrogen and oxygen atoms in total. The fourth-order valence-electron chi connectivity index (χ4n) is 3.64. The van der Waals surface area contributed by atoms with Crippen LogP contribution in [-0.2, 0) is 9.59 Å². The van der Waals surface area contributed by atoms with E-state index in [0.29, 0.717) is 23.7 Å². The van der Waals surface area contributed by atoms with Crippen LogP contribution < -0.4 is 16.0 Å². The highest BCUT2D eigenvalue weighted by molar-refractivity contribution is 5.98. The quantitative estimate of drug-likeness (QED) is 0.370. The van der Waals surface area contributed by atoms with Crippen molar-refractivity contribution in [2.45, 2.75) is 40.5 Å². The van der Waals surface area contributed by atoms with E-state index in [1.54, 1.807) is 0 Å². The smallest absolute Gasteiger partial charge is 0.238 e. The van der Waals surface area contributed by atoms with E-state index in [4.69, 9.17) is 0 Å². The van der Waals surface area contributed by atoms with Crippen molar-refractivity contribution in [3.05, 3.63) is 48.8 Å². The lowest BCUT2D eigenvalue weighted by Crippen LogP contribution is -2.34. The number of hydrogen-bond acceptors (Lipinski definition) is 6. The Labute approximate surface area is 201 Å². The van der Waals surface area contributed by atoms with E-state index in [0.717, 1.165) is 42.5 Å². The second-order valence-corrected chi connectivity index (χ2v) is 8.63. The van der Waals surface area contributed by atoms with Crippen LogP contribution in [0.2, 0.25) is 0 Å². The van der Waals surface area contributed by atoms with Gasteiger partial charge in [0.25, 0.3) is 0 Å². The first-order valence-corrected chi connectivity index (χ1v) is 11.8. The molecule has 2 aromatic carbocycles. The van der Waals surface area contributed by atoms with Gasteiger partial charge in [-0.3, -0.25) is 14.5 Å². The normalized spacial score (nSPS) is 11.1. The number of nitrogens with one attached hydrogen (secondary N) is 3. The van der Waals surface area contributed by atoms with Gasteiger partial charge in [-0.25, -0.2) is 9.97 Å². The molecule has 1 aromatic heterocycles. The molecule has 0 aliphatic rings. The van der Waals surface area contributed by atoms with Gasteiger partial charge in [-0.1, -0.05) is 33.8 Å². The molecule has 3 N–H and O–H groups in total. The lowest BCUT2D eigenvalue weighted by atomic mass is 10.1. The summed E-state index contributed by atoms with van der Waals surface area (Å²) in [5.74, 6) is 0.420. The molecular weight excluding hydrogens is 428 g/mol. The lowest BCUT2D eigenvalue weighted by molar-refractivity contribution is -0.119. The highest BCUT2D eigenvalue weighted by Gasteiger charge is 2.12. The van der Waals surface area contributed by atoms with Crippen LogP contribution in [0.3, 0.4) is 0 Å². The predicted octanol–water partition coefficient (Wildman–Crippen LogP) is 5.03. The molecule has 0 fully saturated rings. The zero-order valence-electron chi connectivity index (χ0n) is 20.4. The molecule has 2 amide bonds. The van der Waals surface area contributed by atoms with Crippen molar-refractivity contribution in [3.8, 4) is 0 Å². The maximum absolute atomic E-state index is 12.6. The molecule has 0 bridgehead atoms. The van der Waals surface area contributed by atoms with E-state index in [2.05, 4.69) is 44.7 Å². The van der Waals surface area contributed by atoms with Gasteiger partial charge in [-0.2, -0.15) is 0 Å². The summed E-state index contributed by atoms with van der Waals surface area (Å²) in [4.78, 5) is 35.6. The minimum atomic E-state index is -0.116. The average Bonchev–Trinajstić information content (AvgIpc) is 2.80. The van der Waals surface area contributed by atoms with Crippen LogP contribution in [0.25, 0.3) is 10.9 Å². The topological polar surface area (TPSA) is 99.2 Å². The van der Waals surface area contributed by atoms with E-state index in [1.165, 1.54) is 6.33 Å². The molecule has 0 aliphatic carbocycles. The van der Waals surface area contributed by atoms with Crippen LogP contribution >= 0.6 is 0 Å². The molecule has 3 aromatic rings. The first-order chi connectivity index (χ1) is 16.4. The minimum absolute atomic E-state index is 0.0305. The molecule has 0 spiro atoms. The van der Waals surface area contributed by atoms with Crippen molar-refractivity contribution in [3.63, 3.8) is 0 Å². The molecule has 3 rings (SSSR count). The Hall–Kier alpha value is -3.52. The fraction of sp³-hybridized carbons (Fsp3) is 0.385. The van der Waals surface area contributed by atoms with Crippen molar-refractivity contribution in [2.75, 3.05) is 35.6 Å².